The van der Waals surface area contributed by atoms with Crippen molar-refractivity contribution < 1.29 is 27.9 Å². The summed E-state index contributed by atoms with van der Waals surface area (Å²) in [6, 6.07) is 10.4. The molecule has 0 aliphatic carbocycles. The molecule has 32 heavy (non-hydrogen) atoms. The van der Waals surface area contributed by atoms with Gasteiger partial charge in [-0.25, -0.2) is 4.99 Å². The Kier molecular flexibility index (Phi) is 11.2. The van der Waals surface area contributed by atoms with Crippen molar-refractivity contribution in [1.29, 1.82) is 0 Å². The second kappa shape index (κ2) is 13.1. The zero-order valence-electron chi connectivity index (χ0n) is 17.1. The summed E-state index contributed by atoms with van der Waals surface area (Å²) in [6.45, 7) is 2.37. The number of ether oxygens (including phenoxy) is 1. The van der Waals surface area contributed by atoms with Crippen LogP contribution in [0.3, 0.4) is 0 Å². The van der Waals surface area contributed by atoms with Crippen LogP contribution < -0.4 is 15.4 Å². The fourth-order valence-electron chi connectivity index (χ4n) is 2.49. The molecule has 0 heterocycles. The van der Waals surface area contributed by atoms with Crippen molar-refractivity contribution in [3.8, 4) is 5.75 Å². The van der Waals surface area contributed by atoms with Crippen molar-refractivity contribution >= 4 is 35.6 Å². The highest BCUT2D eigenvalue weighted by Gasteiger charge is 2.30. The molecule has 2 aromatic carbocycles. The van der Waals surface area contributed by atoms with Crippen LogP contribution in [0.25, 0.3) is 0 Å². The number of nitro benzene ring substituents is 1. The van der Waals surface area contributed by atoms with Crippen LogP contribution in [0, 0.1) is 10.1 Å². The zero-order chi connectivity index (χ0) is 22.9. The smallest absolute Gasteiger partial charge is 0.416 e. The number of nitro groups is 1. The van der Waals surface area contributed by atoms with Gasteiger partial charge in [0.2, 0.25) is 0 Å². The van der Waals surface area contributed by atoms with Gasteiger partial charge in [0.05, 0.1) is 17.0 Å². The number of nitrogens with one attached hydrogen (secondary N) is 2. The number of hydrogen-bond acceptors (Lipinski definition) is 5. The third-order valence-electron chi connectivity index (χ3n) is 4.01. The molecule has 0 aliphatic rings. The molecule has 1 unspecified atom stereocenters. The number of benzene rings is 2. The van der Waals surface area contributed by atoms with Gasteiger partial charge in [-0.3, -0.25) is 10.1 Å². The number of aliphatic hydroxyl groups excluding tert-OH is 1. The lowest BCUT2D eigenvalue weighted by molar-refractivity contribution is -0.384. The maximum Gasteiger partial charge on any atom is 0.416 e. The minimum atomic E-state index is -4.42. The third-order valence-corrected chi connectivity index (χ3v) is 4.01. The van der Waals surface area contributed by atoms with Gasteiger partial charge < -0.3 is 20.5 Å². The van der Waals surface area contributed by atoms with Crippen LogP contribution in [-0.2, 0) is 12.7 Å². The van der Waals surface area contributed by atoms with Crippen molar-refractivity contribution in [2.24, 2.45) is 4.99 Å². The monoisotopic (exact) mass is 568 g/mol. The molecule has 2 aromatic rings. The summed E-state index contributed by atoms with van der Waals surface area (Å²) in [4.78, 5) is 14.3. The number of halogens is 4. The molecule has 0 radical (unpaired) electrons. The average molecular weight is 568 g/mol. The van der Waals surface area contributed by atoms with Crippen LogP contribution in [0.1, 0.15) is 18.1 Å². The summed E-state index contributed by atoms with van der Waals surface area (Å²) in [5.74, 6) is 0.698. The van der Waals surface area contributed by atoms with Crippen LogP contribution >= 0.6 is 24.0 Å². The van der Waals surface area contributed by atoms with E-state index in [-0.39, 0.29) is 49.4 Å². The number of nitrogens with zero attached hydrogens (tertiary/aromatic N) is 2. The van der Waals surface area contributed by atoms with Crippen molar-refractivity contribution in [2.75, 3.05) is 19.7 Å². The molecule has 2 rings (SSSR count). The van der Waals surface area contributed by atoms with Gasteiger partial charge in [0.15, 0.2) is 5.96 Å². The fourth-order valence-corrected chi connectivity index (χ4v) is 2.49. The number of alkyl halides is 3. The molecular formula is C20H24F3IN4O4. The molecular weight excluding hydrogens is 544 g/mol. The van der Waals surface area contributed by atoms with Crippen molar-refractivity contribution in [3.63, 3.8) is 0 Å². The second-order valence-electron chi connectivity index (χ2n) is 6.49. The first-order chi connectivity index (χ1) is 14.7. The summed E-state index contributed by atoms with van der Waals surface area (Å²) in [7, 11) is 0. The first kappa shape index (κ1) is 27.4. The maximum absolute atomic E-state index is 12.8. The Labute approximate surface area is 200 Å². The van der Waals surface area contributed by atoms with Crippen molar-refractivity contribution in [1.82, 2.24) is 10.6 Å². The van der Waals surface area contributed by atoms with E-state index in [1.165, 1.54) is 30.3 Å². The molecule has 0 amide bonds. The number of rotatable bonds is 9. The lowest BCUT2D eigenvalue weighted by atomic mass is 10.1. The molecule has 0 spiro atoms. The third kappa shape index (κ3) is 9.26. The predicted molar refractivity (Wildman–Crippen MR) is 124 cm³/mol. The zero-order valence-corrected chi connectivity index (χ0v) is 19.5. The van der Waals surface area contributed by atoms with Gasteiger partial charge in [-0.1, -0.05) is 12.1 Å². The topological polar surface area (TPSA) is 109 Å². The Morgan fingerprint density at radius 2 is 1.91 bits per heavy atom. The summed E-state index contributed by atoms with van der Waals surface area (Å²) >= 11 is 0. The molecule has 0 aromatic heterocycles. The Hall–Kier alpha value is -2.61. The first-order valence-electron chi connectivity index (χ1n) is 9.42. The van der Waals surface area contributed by atoms with E-state index in [0.29, 0.717) is 23.8 Å². The van der Waals surface area contributed by atoms with E-state index in [4.69, 9.17) is 4.74 Å². The summed E-state index contributed by atoms with van der Waals surface area (Å²) < 4.78 is 43.8. The van der Waals surface area contributed by atoms with E-state index in [1.54, 1.807) is 6.07 Å². The summed E-state index contributed by atoms with van der Waals surface area (Å²) in [6.07, 6.45) is -5.34. The Morgan fingerprint density at radius 3 is 2.50 bits per heavy atom. The van der Waals surface area contributed by atoms with Gasteiger partial charge in [0, 0.05) is 25.2 Å². The fraction of sp³-hybridized carbons (Fsp3) is 0.350. The lowest BCUT2D eigenvalue weighted by Gasteiger charge is -2.16. The second-order valence-corrected chi connectivity index (χ2v) is 6.49. The number of non-ortho nitro benzene ring substituents is 1. The highest BCUT2D eigenvalue weighted by Crippen LogP contribution is 2.29. The molecule has 12 heteroatoms. The SMILES string of the molecule is CCNC(=NCc1cccc(C(F)(F)F)c1)NCC(O)COc1ccc([N+](=O)[O-])cc1.I. The van der Waals surface area contributed by atoms with Crippen molar-refractivity contribution in [2.45, 2.75) is 25.7 Å². The molecule has 3 N–H and O–H groups in total. The number of aliphatic imine (C=N–C) groups is 1. The molecule has 0 saturated heterocycles. The van der Waals surface area contributed by atoms with Gasteiger partial charge in [0.25, 0.3) is 5.69 Å². The van der Waals surface area contributed by atoms with Crippen LogP contribution in [-0.4, -0.2) is 41.8 Å². The first-order valence-corrected chi connectivity index (χ1v) is 9.42. The van der Waals surface area contributed by atoms with Gasteiger partial charge in [-0.05, 0) is 36.8 Å². The molecule has 0 aliphatic heterocycles. The van der Waals surface area contributed by atoms with Crippen LogP contribution in [0.2, 0.25) is 0 Å². The largest absolute Gasteiger partial charge is 0.491 e. The average Bonchev–Trinajstić information content (AvgIpc) is 2.74. The van der Waals surface area contributed by atoms with Crippen LogP contribution in [0.5, 0.6) is 5.75 Å². The maximum atomic E-state index is 12.8. The number of guanidine groups is 1. The van der Waals surface area contributed by atoms with E-state index in [1.807, 2.05) is 6.92 Å². The minimum Gasteiger partial charge on any atom is -0.491 e. The molecule has 0 bridgehead atoms. The van der Waals surface area contributed by atoms with Gasteiger partial charge in [-0.2, -0.15) is 13.2 Å². The highest BCUT2D eigenvalue weighted by atomic mass is 127. The number of aliphatic hydroxyl groups is 1. The van der Waals surface area contributed by atoms with Gasteiger partial charge >= 0.3 is 6.18 Å². The number of hydrogen-bond donors (Lipinski definition) is 3. The minimum absolute atomic E-state index is 0. The van der Waals surface area contributed by atoms with E-state index < -0.39 is 22.8 Å². The Bertz CT molecular complexity index is 895. The molecule has 0 fully saturated rings. The highest BCUT2D eigenvalue weighted by molar-refractivity contribution is 14.0. The predicted octanol–water partition coefficient (Wildman–Crippen LogP) is 3.73. The Morgan fingerprint density at radius 1 is 1.22 bits per heavy atom. The summed E-state index contributed by atoms with van der Waals surface area (Å²) in [5.41, 5.74) is -0.409. The van der Waals surface area contributed by atoms with Crippen molar-refractivity contribution in [3.05, 3.63) is 69.8 Å². The Balaban J connectivity index is 0.00000512. The molecule has 0 saturated carbocycles. The molecule has 176 valence electrons. The van der Waals surface area contributed by atoms with E-state index in [0.717, 1.165) is 12.1 Å². The van der Waals surface area contributed by atoms with E-state index in [2.05, 4.69) is 15.6 Å². The van der Waals surface area contributed by atoms with Gasteiger partial charge in [-0.15, -0.1) is 24.0 Å². The quantitative estimate of drug-likeness (QED) is 0.140. The van der Waals surface area contributed by atoms with E-state index >= 15 is 0 Å². The van der Waals surface area contributed by atoms with Gasteiger partial charge in [0.1, 0.15) is 18.5 Å². The summed E-state index contributed by atoms with van der Waals surface area (Å²) in [5, 5.41) is 26.6. The van der Waals surface area contributed by atoms with Crippen LogP contribution in [0.4, 0.5) is 18.9 Å². The standard InChI is InChI=1S/C20H23F3N4O4.HI/c1-2-24-19(25-11-14-4-3-5-15(10-14)20(21,22)23)26-12-17(28)13-31-18-8-6-16(7-9-18)27(29)30;/h3-10,17,28H,2,11-13H2,1H3,(H2,24,25,26);1H. The lowest BCUT2D eigenvalue weighted by Crippen LogP contribution is -2.42. The van der Waals surface area contributed by atoms with E-state index in [9.17, 15) is 28.4 Å². The molecule has 1 atom stereocenters. The molecule has 8 nitrogen and oxygen atoms in total. The normalized spacial score (nSPS) is 12.5. The van der Waals surface area contributed by atoms with Crippen LogP contribution in [0.15, 0.2) is 53.5 Å².